The molecule has 1 saturated carbocycles. The molecule has 1 fully saturated rings. The van der Waals surface area contributed by atoms with Gasteiger partial charge in [0, 0.05) is 46.6 Å². The Morgan fingerprint density at radius 3 is 2.49 bits per heavy atom. The first-order valence-corrected chi connectivity index (χ1v) is 13.1. The van der Waals surface area contributed by atoms with Crippen LogP contribution >= 0.6 is 35.0 Å². The molecule has 10 heteroatoms. The minimum absolute atomic E-state index is 0. The van der Waals surface area contributed by atoms with Crippen molar-refractivity contribution in [2.75, 3.05) is 18.0 Å². The van der Waals surface area contributed by atoms with Gasteiger partial charge in [0.1, 0.15) is 11.0 Å². The summed E-state index contributed by atoms with van der Waals surface area (Å²) in [6.07, 6.45) is 2.32. The molecule has 4 aromatic rings. The third kappa shape index (κ3) is 4.48. The molecule has 6 rings (SSSR count). The monoisotopic (exact) mass is 566 g/mol. The summed E-state index contributed by atoms with van der Waals surface area (Å²) in [6.45, 7) is 1.90. The van der Waals surface area contributed by atoms with Gasteiger partial charge in [0.25, 0.3) is 0 Å². The van der Waals surface area contributed by atoms with E-state index in [1.165, 1.54) is 29.4 Å². The molecule has 0 bridgehead atoms. The van der Waals surface area contributed by atoms with Gasteiger partial charge in [-0.2, -0.15) is 0 Å². The zero-order valence-electron chi connectivity index (χ0n) is 19.9. The van der Waals surface area contributed by atoms with Crippen LogP contribution in [0.15, 0.2) is 64.4 Å². The van der Waals surface area contributed by atoms with Gasteiger partial charge in [0.2, 0.25) is 0 Å². The molecule has 2 aliphatic rings. The Bertz CT molecular complexity index is 1560. The number of hydrogen-bond acceptors (Lipinski definition) is 4. The van der Waals surface area contributed by atoms with Gasteiger partial charge in [-0.15, -0.1) is 0 Å². The molecule has 0 amide bonds. The quantitative estimate of drug-likeness (QED) is 0.336. The fourth-order valence-corrected chi connectivity index (χ4v) is 6.79. The zero-order chi connectivity index (χ0) is 25.2. The molecule has 0 saturated heterocycles. The van der Waals surface area contributed by atoms with E-state index in [2.05, 4.69) is 23.1 Å². The molecule has 2 heterocycles. The van der Waals surface area contributed by atoms with Gasteiger partial charge in [-0.05, 0) is 42.7 Å². The molecule has 184 valence electrons. The van der Waals surface area contributed by atoms with Crippen LogP contribution in [0, 0.1) is 11.6 Å². The Hall–Kier alpha value is -1.74. The molecule has 1 aliphatic carbocycles. The van der Waals surface area contributed by atoms with Crippen LogP contribution < -0.4 is 39.6 Å². The summed E-state index contributed by atoms with van der Waals surface area (Å²) in [5, 5.41) is 12.0. The van der Waals surface area contributed by atoms with Crippen LogP contribution in [0.1, 0.15) is 28.8 Å². The van der Waals surface area contributed by atoms with E-state index in [0.29, 0.717) is 23.4 Å². The standard InChI is InChI=1S/C27H20Cl2F2N2O2S.Na/c28-18-9-8-16-23(22(18)31)33(13-12-32-14-27(10-11-27)17-5-1-2-6-19(17)32)25(29)24(16)36-20-7-3-4-15(21(20)30)26(34)35;/h1-9H,10-14H2,(H,34,35);/q;+1/p-1. The summed E-state index contributed by atoms with van der Waals surface area (Å²) in [6, 6.07) is 15.5. The van der Waals surface area contributed by atoms with Crippen molar-refractivity contribution >= 4 is 57.5 Å². The van der Waals surface area contributed by atoms with Gasteiger partial charge < -0.3 is 19.4 Å². The van der Waals surface area contributed by atoms with E-state index < -0.39 is 23.2 Å². The number of carbonyl (C=O) groups is 1. The minimum Gasteiger partial charge on any atom is -0.545 e. The van der Waals surface area contributed by atoms with E-state index in [9.17, 15) is 14.3 Å². The third-order valence-corrected chi connectivity index (χ3v) is 9.11. The Morgan fingerprint density at radius 1 is 1.00 bits per heavy atom. The second-order valence-electron chi connectivity index (χ2n) is 9.26. The van der Waals surface area contributed by atoms with E-state index in [1.54, 1.807) is 10.6 Å². The molecule has 1 aromatic heterocycles. The number of hydrogen-bond donors (Lipinski definition) is 0. The van der Waals surface area contributed by atoms with Crippen LogP contribution in [0.2, 0.25) is 10.2 Å². The van der Waals surface area contributed by atoms with Gasteiger partial charge in [-0.25, -0.2) is 8.78 Å². The fraction of sp³-hybridized carbons (Fsp3) is 0.222. The average Bonchev–Trinajstić information content (AvgIpc) is 3.51. The normalized spacial score (nSPS) is 15.2. The minimum atomic E-state index is -1.61. The number of anilines is 1. The maximum absolute atomic E-state index is 15.3. The summed E-state index contributed by atoms with van der Waals surface area (Å²) in [5.41, 5.74) is 2.46. The first-order valence-electron chi connectivity index (χ1n) is 11.5. The summed E-state index contributed by atoms with van der Waals surface area (Å²) in [5.74, 6) is -3.13. The summed E-state index contributed by atoms with van der Waals surface area (Å²) >= 11 is 13.9. The number of nitrogens with zero attached hydrogens (tertiary/aromatic N) is 2. The molecule has 1 aliphatic heterocycles. The van der Waals surface area contributed by atoms with Crippen molar-refractivity contribution in [3.8, 4) is 0 Å². The van der Waals surface area contributed by atoms with Crippen molar-refractivity contribution in [2.24, 2.45) is 0 Å². The third-order valence-electron chi connectivity index (χ3n) is 7.16. The van der Waals surface area contributed by atoms with Crippen molar-refractivity contribution < 1.29 is 48.2 Å². The van der Waals surface area contributed by atoms with E-state index >= 15 is 4.39 Å². The molecule has 4 nitrogen and oxygen atoms in total. The van der Waals surface area contributed by atoms with Crippen molar-refractivity contribution in [1.29, 1.82) is 0 Å². The molecule has 3 aromatic carbocycles. The number of halogens is 4. The molecular formula is C27H19Cl2F2N2NaO2S. The Labute approximate surface area is 248 Å². The topological polar surface area (TPSA) is 48.3 Å². The van der Waals surface area contributed by atoms with E-state index in [1.807, 2.05) is 6.07 Å². The predicted molar refractivity (Wildman–Crippen MR) is 136 cm³/mol. The maximum Gasteiger partial charge on any atom is 1.00 e. The molecule has 0 radical (unpaired) electrons. The number of carboxylic acid groups (broad SMARTS) is 1. The van der Waals surface area contributed by atoms with Crippen LogP contribution in [-0.2, 0) is 12.0 Å². The van der Waals surface area contributed by atoms with Crippen LogP contribution in [0.4, 0.5) is 14.5 Å². The number of carboxylic acids is 1. The Balaban J connectivity index is 0.00000280. The van der Waals surface area contributed by atoms with E-state index in [0.717, 1.165) is 37.2 Å². The van der Waals surface area contributed by atoms with Crippen molar-refractivity contribution in [3.63, 3.8) is 0 Å². The largest absolute Gasteiger partial charge is 1.00 e. The second kappa shape index (κ2) is 10.1. The Morgan fingerprint density at radius 2 is 1.76 bits per heavy atom. The number of benzene rings is 3. The number of fused-ring (bicyclic) bond motifs is 3. The molecule has 0 atom stereocenters. The van der Waals surface area contributed by atoms with Crippen LogP contribution in [-0.4, -0.2) is 23.6 Å². The van der Waals surface area contributed by atoms with Crippen LogP contribution in [0.3, 0.4) is 0 Å². The first kappa shape index (κ1) is 26.9. The van der Waals surface area contributed by atoms with Crippen LogP contribution in [0.5, 0.6) is 0 Å². The van der Waals surface area contributed by atoms with Crippen molar-refractivity contribution in [3.05, 3.63) is 87.5 Å². The molecule has 0 N–H and O–H groups in total. The summed E-state index contributed by atoms with van der Waals surface area (Å²) in [4.78, 5) is 14.1. The summed E-state index contributed by atoms with van der Waals surface area (Å²) in [7, 11) is 0. The zero-order valence-corrected chi connectivity index (χ0v) is 24.2. The van der Waals surface area contributed by atoms with Crippen molar-refractivity contribution in [2.45, 2.75) is 34.6 Å². The molecule has 37 heavy (non-hydrogen) atoms. The van der Waals surface area contributed by atoms with Crippen molar-refractivity contribution in [1.82, 2.24) is 4.57 Å². The van der Waals surface area contributed by atoms with E-state index in [4.69, 9.17) is 23.2 Å². The fourth-order valence-electron chi connectivity index (χ4n) is 5.22. The predicted octanol–water partition coefficient (Wildman–Crippen LogP) is 3.30. The number of aromatic carboxylic acids is 1. The first-order chi connectivity index (χ1) is 17.3. The summed E-state index contributed by atoms with van der Waals surface area (Å²) < 4.78 is 31.9. The van der Waals surface area contributed by atoms with Gasteiger partial charge in [0.15, 0.2) is 5.82 Å². The number of carbonyl (C=O) groups excluding carboxylic acids is 1. The Kier molecular flexibility index (Phi) is 7.33. The number of aromatic nitrogens is 1. The van der Waals surface area contributed by atoms with Gasteiger partial charge in [-0.1, -0.05) is 65.3 Å². The van der Waals surface area contributed by atoms with Gasteiger partial charge in [-0.3, -0.25) is 0 Å². The van der Waals surface area contributed by atoms with Gasteiger partial charge >= 0.3 is 29.6 Å². The SMILES string of the molecule is O=C([O-])c1cccc(Sc2c(Cl)n(CCN3CC4(CC4)c4ccccc43)c3c(F)c(Cl)ccc23)c1F.[Na+]. The maximum atomic E-state index is 15.3. The number of rotatable bonds is 6. The average molecular weight is 567 g/mol. The van der Waals surface area contributed by atoms with E-state index in [-0.39, 0.29) is 55.6 Å². The van der Waals surface area contributed by atoms with Crippen LogP contribution in [0.25, 0.3) is 10.9 Å². The second-order valence-corrected chi connectivity index (χ2v) is 11.1. The van der Waals surface area contributed by atoms with Gasteiger partial charge in [0.05, 0.1) is 21.4 Å². The molecular weight excluding hydrogens is 548 g/mol. The molecule has 1 spiro atoms. The molecule has 0 unspecified atom stereocenters. The number of para-hydroxylation sites is 1. The smallest absolute Gasteiger partial charge is 0.545 e.